The summed E-state index contributed by atoms with van der Waals surface area (Å²) in [4.78, 5) is 28.5. The number of carbonyl (C=O) groups is 2. The molecule has 7 nitrogen and oxygen atoms in total. The first-order valence-electron chi connectivity index (χ1n) is 12.9. The number of anilines is 1. The quantitative estimate of drug-likeness (QED) is 0.331. The molecule has 9 heteroatoms. The molecular formula is C30H36ClN3O4S. The number of aryl methyl sites for hydroxylation is 2. The van der Waals surface area contributed by atoms with Gasteiger partial charge in [0.25, 0.3) is 10.0 Å². The van der Waals surface area contributed by atoms with E-state index in [-0.39, 0.29) is 34.1 Å². The minimum Gasteiger partial charge on any atom is -0.352 e. The highest BCUT2D eigenvalue weighted by molar-refractivity contribution is 7.92. The number of hydrogen-bond donors (Lipinski definition) is 1. The van der Waals surface area contributed by atoms with Gasteiger partial charge >= 0.3 is 0 Å². The summed E-state index contributed by atoms with van der Waals surface area (Å²) < 4.78 is 28.7. The summed E-state index contributed by atoms with van der Waals surface area (Å²) in [5.41, 5.74) is 2.97. The molecular weight excluding hydrogens is 534 g/mol. The van der Waals surface area contributed by atoms with Gasteiger partial charge in [-0.3, -0.25) is 13.9 Å². The van der Waals surface area contributed by atoms with Crippen LogP contribution in [0.1, 0.15) is 43.9 Å². The molecule has 0 saturated carbocycles. The van der Waals surface area contributed by atoms with Gasteiger partial charge < -0.3 is 10.2 Å². The van der Waals surface area contributed by atoms with Crippen molar-refractivity contribution in [2.75, 3.05) is 10.8 Å². The van der Waals surface area contributed by atoms with Gasteiger partial charge in [-0.2, -0.15) is 0 Å². The average Bonchev–Trinajstić information content (AvgIpc) is 2.91. The Kier molecular flexibility index (Phi) is 10.2. The monoisotopic (exact) mass is 569 g/mol. The fourth-order valence-corrected chi connectivity index (χ4v) is 5.66. The highest BCUT2D eigenvalue weighted by Crippen LogP contribution is 2.31. The van der Waals surface area contributed by atoms with Crippen molar-refractivity contribution < 1.29 is 18.0 Å². The van der Waals surface area contributed by atoms with E-state index in [2.05, 4.69) is 5.32 Å². The van der Waals surface area contributed by atoms with E-state index < -0.39 is 28.5 Å². The normalized spacial score (nSPS) is 12.9. The molecule has 3 aromatic carbocycles. The molecule has 0 radical (unpaired) electrons. The van der Waals surface area contributed by atoms with Crippen molar-refractivity contribution in [2.45, 2.75) is 64.6 Å². The van der Waals surface area contributed by atoms with E-state index in [4.69, 9.17) is 11.6 Å². The number of benzene rings is 3. The number of rotatable bonds is 11. The van der Waals surface area contributed by atoms with Crippen LogP contribution in [-0.4, -0.2) is 43.8 Å². The van der Waals surface area contributed by atoms with Crippen molar-refractivity contribution in [2.24, 2.45) is 0 Å². The summed E-state index contributed by atoms with van der Waals surface area (Å²) in [5.74, 6) is -0.839. The fraction of sp³-hybridized carbons (Fsp3) is 0.333. The summed E-state index contributed by atoms with van der Waals surface area (Å²) in [5, 5.41) is 3.12. The van der Waals surface area contributed by atoms with E-state index in [1.165, 1.54) is 17.0 Å². The highest BCUT2D eigenvalue weighted by Gasteiger charge is 2.33. The third-order valence-electron chi connectivity index (χ3n) is 6.65. The Morgan fingerprint density at radius 2 is 1.46 bits per heavy atom. The van der Waals surface area contributed by atoms with Gasteiger partial charge in [0, 0.05) is 12.6 Å². The summed E-state index contributed by atoms with van der Waals surface area (Å²) in [6.07, 6.45) is 0.736. The van der Waals surface area contributed by atoms with E-state index >= 15 is 0 Å². The van der Waals surface area contributed by atoms with Crippen LogP contribution >= 0.6 is 11.6 Å². The second kappa shape index (κ2) is 13.1. The van der Waals surface area contributed by atoms with Crippen LogP contribution in [0.2, 0.25) is 5.02 Å². The largest absolute Gasteiger partial charge is 0.352 e. The van der Waals surface area contributed by atoms with E-state index in [1.54, 1.807) is 43.3 Å². The lowest BCUT2D eigenvalue weighted by atomic mass is 10.1. The molecule has 2 atom stereocenters. The zero-order chi connectivity index (χ0) is 28.7. The van der Waals surface area contributed by atoms with Gasteiger partial charge in [0.15, 0.2) is 0 Å². The third-order valence-corrected chi connectivity index (χ3v) is 8.74. The number of para-hydroxylation sites is 1. The Balaban J connectivity index is 2.03. The van der Waals surface area contributed by atoms with Crippen molar-refractivity contribution in [3.05, 3.63) is 94.5 Å². The number of halogens is 1. The molecule has 0 aromatic heterocycles. The molecule has 0 spiro atoms. The molecule has 0 saturated heterocycles. The van der Waals surface area contributed by atoms with Gasteiger partial charge in [-0.15, -0.1) is 0 Å². The molecule has 0 bridgehead atoms. The first-order valence-corrected chi connectivity index (χ1v) is 14.7. The maximum atomic E-state index is 13.9. The number of nitrogens with one attached hydrogen (secondary N) is 1. The number of hydrogen-bond acceptors (Lipinski definition) is 4. The van der Waals surface area contributed by atoms with E-state index in [0.29, 0.717) is 0 Å². The van der Waals surface area contributed by atoms with Gasteiger partial charge in [-0.1, -0.05) is 78.2 Å². The summed E-state index contributed by atoms with van der Waals surface area (Å²) >= 11 is 6.44. The minimum atomic E-state index is -4.17. The maximum Gasteiger partial charge on any atom is 0.264 e. The predicted octanol–water partition coefficient (Wildman–Crippen LogP) is 5.48. The van der Waals surface area contributed by atoms with Crippen molar-refractivity contribution in [3.8, 4) is 0 Å². The van der Waals surface area contributed by atoms with Gasteiger partial charge in [-0.05, 0) is 63.9 Å². The molecule has 0 aliphatic carbocycles. The van der Waals surface area contributed by atoms with E-state index in [9.17, 15) is 18.0 Å². The number of carbonyl (C=O) groups excluding carboxylic acids is 2. The van der Waals surface area contributed by atoms with Crippen LogP contribution < -0.4 is 9.62 Å². The molecule has 39 heavy (non-hydrogen) atoms. The molecule has 2 amide bonds. The standard InChI is InChI=1S/C30H36ClN3O4S/c1-6-23(4)32-30(36)24(5)33(19-25-15-11-21(2)12-16-25)29(35)20-34(28-10-8-7-9-27(28)31)39(37,38)26-17-13-22(3)14-18-26/h7-18,23-24H,6,19-20H2,1-5H3,(H,32,36)/t23-,24+/m1/s1. The van der Waals surface area contributed by atoms with Crippen molar-refractivity contribution in [1.82, 2.24) is 10.2 Å². The first-order chi connectivity index (χ1) is 18.4. The van der Waals surface area contributed by atoms with Crippen LogP contribution in [0.25, 0.3) is 0 Å². The van der Waals surface area contributed by atoms with Gasteiger partial charge in [0.2, 0.25) is 11.8 Å². The van der Waals surface area contributed by atoms with E-state index in [0.717, 1.165) is 27.4 Å². The third kappa shape index (κ3) is 7.61. The molecule has 0 heterocycles. The lowest BCUT2D eigenvalue weighted by Gasteiger charge is -2.32. The summed E-state index contributed by atoms with van der Waals surface area (Å²) in [6.45, 7) is 8.93. The van der Waals surface area contributed by atoms with Crippen molar-refractivity contribution in [3.63, 3.8) is 0 Å². The van der Waals surface area contributed by atoms with Crippen LogP contribution in [0.3, 0.4) is 0 Å². The Bertz CT molecular complexity index is 1390. The number of amides is 2. The molecule has 0 unspecified atom stereocenters. The van der Waals surface area contributed by atoms with E-state index in [1.807, 2.05) is 52.0 Å². The molecule has 1 N–H and O–H groups in total. The Morgan fingerprint density at radius 1 is 0.897 bits per heavy atom. The average molecular weight is 570 g/mol. The molecule has 208 valence electrons. The summed E-state index contributed by atoms with van der Waals surface area (Å²) in [6, 6.07) is 19.6. The fourth-order valence-electron chi connectivity index (χ4n) is 3.94. The van der Waals surface area contributed by atoms with Crippen LogP contribution in [-0.2, 0) is 26.2 Å². The van der Waals surface area contributed by atoms with Crippen LogP contribution in [0, 0.1) is 13.8 Å². The van der Waals surface area contributed by atoms with Gasteiger partial charge in [-0.25, -0.2) is 8.42 Å². The molecule has 0 fully saturated rings. The second-order valence-electron chi connectivity index (χ2n) is 9.78. The Hall–Kier alpha value is -3.36. The first kappa shape index (κ1) is 30.2. The molecule has 0 aliphatic heterocycles. The number of nitrogens with zero attached hydrogens (tertiary/aromatic N) is 2. The molecule has 3 rings (SSSR count). The zero-order valence-corrected chi connectivity index (χ0v) is 24.6. The number of sulfonamides is 1. The van der Waals surface area contributed by atoms with Gasteiger partial charge in [0.1, 0.15) is 12.6 Å². The van der Waals surface area contributed by atoms with Crippen molar-refractivity contribution >= 4 is 39.1 Å². The lowest BCUT2D eigenvalue weighted by Crippen LogP contribution is -2.52. The topological polar surface area (TPSA) is 86.8 Å². The highest BCUT2D eigenvalue weighted by atomic mass is 35.5. The summed E-state index contributed by atoms with van der Waals surface area (Å²) in [7, 11) is -4.17. The predicted molar refractivity (Wildman–Crippen MR) is 156 cm³/mol. The Morgan fingerprint density at radius 3 is 2.03 bits per heavy atom. The van der Waals surface area contributed by atoms with Crippen molar-refractivity contribution in [1.29, 1.82) is 0 Å². The minimum absolute atomic E-state index is 0.0356. The molecule has 3 aromatic rings. The van der Waals surface area contributed by atoms with Crippen LogP contribution in [0.5, 0.6) is 0 Å². The zero-order valence-electron chi connectivity index (χ0n) is 23.0. The molecule has 0 aliphatic rings. The Labute approximate surface area is 236 Å². The van der Waals surface area contributed by atoms with Crippen LogP contribution in [0.15, 0.2) is 77.7 Å². The maximum absolute atomic E-state index is 13.9. The van der Waals surface area contributed by atoms with Gasteiger partial charge in [0.05, 0.1) is 15.6 Å². The smallest absolute Gasteiger partial charge is 0.264 e. The lowest BCUT2D eigenvalue weighted by molar-refractivity contribution is -0.139. The second-order valence-corrected chi connectivity index (χ2v) is 12.0. The van der Waals surface area contributed by atoms with Crippen LogP contribution in [0.4, 0.5) is 5.69 Å². The SMILES string of the molecule is CC[C@@H](C)NC(=O)[C@H](C)N(Cc1ccc(C)cc1)C(=O)CN(c1ccccc1Cl)S(=O)(=O)c1ccc(C)cc1.